The normalized spacial score (nSPS) is 14.9. The molecule has 4 heteroatoms. The Morgan fingerprint density at radius 3 is 2.33 bits per heavy atom. The zero-order valence-electron chi connectivity index (χ0n) is 10.5. The summed E-state index contributed by atoms with van der Waals surface area (Å²) >= 11 is 1.48. The first-order valence-electron chi connectivity index (χ1n) is 5.13. The van der Waals surface area contributed by atoms with Crippen molar-refractivity contribution in [3.8, 4) is 0 Å². The standard InChI is InChI=1S/C11H21NO2S/c1-7-14-9(13)8(2)15-10(12-6)11(3,4)5/h8H,7H2,1-6H3/b12-10-. The fourth-order valence-electron chi connectivity index (χ4n) is 1.04. The number of thioether (sulfide) groups is 1. The van der Waals surface area contributed by atoms with Gasteiger partial charge in [-0.05, 0) is 13.8 Å². The number of esters is 1. The molecule has 0 saturated carbocycles. The molecule has 0 fully saturated rings. The molecule has 0 aliphatic heterocycles. The van der Waals surface area contributed by atoms with Crippen LogP contribution in [0.3, 0.4) is 0 Å². The van der Waals surface area contributed by atoms with E-state index in [0.29, 0.717) is 6.61 Å². The first-order valence-corrected chi connectivity index (χ1v) is 6.01. The van der Waals surface area contributed by atoms with Crippen LogP contribution >= 0.6 is 11.8 Å². The van der Waals surface area contributed by atoms with E-state index in [4.69, 9.17) is 4.74 Å². The van der Waals surface area contributed by atoms with Gasteiger partial charge in [-0.15, -0.1) is 0 Å². The van der Waals surface area contributed by atoms with Crippen LogP contribution in [0.1, 0.15) is 34.6 Å². The zero-order valence-corrected chi connectivity index (χ0v) is 11.3. The minimum atomic E-state index is -0.192. The van der Waals surface area contributed by atoms with Crippen molar-refractivity contribution in [2.24, 2.45) is 10.4 Å². The van der Waals surface area contributed by atoms with Gasteiger partial charge in [0, 0.05) is 12.5 Å². The SMILES string of the molecule is CCOC(=O)C(C)S/C(=N\C)C(C)(C)C. The molecule has 0 aliphatic carbocycles. The van der Waals surface area contributed by atoms with Crippen molar-refractivity contribution in [2.75, 3.05) is 13.7 Å². The maximum atomic E-state index is 11.4. The van der Waals surface area contributed by atoms with Crippen molar-refractivity contribution < 1.29 is 9.53 Å². The Morgan fingerprint density at radius 1 is 1.47 bits per heavy atom. The molecule has 0 bridgehead atoms. The second kappa shape index (κ2) is 6.16. The molecule has 0 aliphatic rings. The lowest BCUT2D eigenvalue weighted by molar-refractivity contribution is -0.142. The van der Waals surface area contributed by atoms with Crippen LogP contribution < -0.4 is 0 Å². The van der Waals surface area contributed by atoms with Gasteiger partial charge >= 0.3 is 5.97 Å². The maximum Gasteiger partial charge on any atom is 0.319 e. The third-order valence-corrected chi connectivity index (χ3v) is 3.32. The second-order valence-electron chi connectivity index (χ2n) is 4.29. The average molecular weight is 231 g/mol. The molecule has 0 aromatic rings. The molecule has 88 valence electrons. The molecule has 1 atom stereocenters. The summed E-state index contributed by atoms with van der Waals surface area (Å²) in [4.78, 5) is 15.6. The second-order valence-corrected chi connectivity index (χ2v) is 5.62. The minimum Gasteiger partial charge on any atom is -0.465 e. The fraction of sp³-hybridized carbons (Fsp3) is 0.818. The highest BCUT2D eigenvalue weighted by Crippen LogP contribution is 2.27. The van der Waals surface area contributed by atoms with E-state index in [0.717, 1.165) is 5.04 Å². The first-order chi connectivity index (χ1) is 6.82. The average Bonchev–Trinajstić information content (AvgIpc) is 2.12. The molecule has 0 radical (unpaired) electrons. The number of hydrogen-bond acceptors (Lipinski definition) is 4. The Kier molecular flexibility index (Phi) is 5.95. The lowest BCUT2D eigenvalue weighted by Gasteiger charge is -2.22. The van der Waals surface area contributed by atoms with Crippen LogP contribution in [0.15, 0.2) is 4.99 Å². The van der Waals surface area contributed by atoms with Gasteiger partial charge in [0.2, 0.25) is 0 Å². The molecule has 0 heterocycles. The van der Waals surface area contributed by atoms with Gasteiger partial charge in [0.25, 0.3) is 0 Å². The van der Waals surface area contributed by atoms with Gasteiger partial charge in [0.1, 0.15) is 5.25 Å². The molecular weight excluding hydrogens is 210 g/mol. The Hall–Kier alpha value is -0.510. The topological polar surface area (TPSA) is 38.7 Å². The maximum absolute atomic E-state index is 11.4. The van der Waals surface area contributed by atoms with E-state index >= 15 is 0 Å². The van der Waals surface area contributed by atoms with Gasteiger partial charge in [-0.1, -0.05) is 32.5 Å². The van der Waals surface area contributed by atoms with E-state index < -0.39 is 0 Å². The summed E-state index contributed by atoms with van der Waals surface area (Å²) in [6.45, 7) is 10.3. The summed E-state index contributed by atoms with van der Waals surface area (Å²) in [6, 6.07) is 0. The lowest BCUT2D eigenvalue weighted by Crippen LogP contribution is -2.24. The van der Waals surface area contributed by atoms with Crippen molar-refractivity contribution in [2.45, 2.75) is 39.9 Å². The van der Waals surface area contributed by atoms with Gasteiger partial charge < -0.3 is 4.74 Å². The van der Waals surface area contributed by atoms with Crippen LogP contribution in [-0.2, 0) is 9.53 Å². The highest BCUT2D eigenvalue weighted by molar-refractivity contribution is 8.15. The number of nitrogens with zero attached hydrogens (tertiary/aromatic N) is 1. The quantitative estimate of drug-likeness (QED) is 0.426. The van der Waals surface area contributed by atoms with E-state index in [-0.39, 0.29) is 16.6 Å². The Bertz CT molecular complexity index is 243. The summed E-state index contributed by atoms with van der Waals surface area (Å²) in [7, 11) is 1.76. The minimum absolute atomic E-state index is 0.0137. The highest BCUT2D eigenvalue weighted by atomic mass is 32.2. The van der Waals surface area contributed by atoms with Crippen molar-refractivity contribution in [1.29, 1.82) is 0 Å². The van der Waals surface area contributed by atoms with E-state index in [2.05, 4.69) is 25.8 Å². The zero-order chi connectivity index (χ0) is 12.1. The van der Waals surface area contributed by atoms with Gasteiger partial charge in [-0.25, -0.2) is 0 Å². The lowest BCUT2D eigenvalue weighted by atomic mass is 9.99. The van der Waals surface area contributed by atoms with Crippen molar-refractivity contribution in [3.05, 3.63) is 0 Å². The van der Waals surface area contributed by atoms with Gasteiger partial charge in [0.05, 0.1) is 11.7 Å². The Morgan fingerprint density at radius 2 is 2.00 bits per heavy atom. The van der Waals surface area contributed by atoms with Crippen LogP contribution in [0.5, 0.6) is 0 Å². The largest absolute Gasteiger partial charge is 0.465 e. The Labute approximate surface area is 96.7 Å². The number of ether oxygens (including phenoxy) is 1. The number of carbonyl (C=O) groups excluding carboxylic acids is 1. The molecular formula is C11H21NO2S. The van der Waals surface area contributed by atoms with E-state index in [1.165, 1.54) is 11.8 Å². The molecule has 0 aromatic heterocycles. The summed E-state index contributed by atoms with van der Waals surface area (Å²) in [5.74, 6) is -0.173. The van der Waals surface area contributed by atoms with Gasteiger partial charge in [0.15, 0.2) is 0 Å². The highest BCUT2D eigenvalue weighted by Gasteiger charge is 2.24. The van der Waals surface area contributed by atoms with Crippen LogP contribution in [0.25, 0.3) is 0 Å². The summed E-state index contributed by atoms with van der Waals surface area (Å²) in [6.07, 6.45) is 0. The molecule has 0 amide bonds. The predicted molar refractivity (Wildman–Crippen MR) is 66.5 cm³/mol. The smallest absolute Gasteiger partial charge is 0.319 e. The van der Waals surface area contributed by atoms with Gasteiger partial charge in [-0.2, -0.15) is 0 Å². The third kappa shape index (κ3) is 5.21. The van der Waals surface area contributed by atoms with E-state index in [9.17, 15) is 4.79 Å². The molecule has 0 saturated heterocycles. The van der Waals surface area contributed by atoms with E-state index in [1.54, 1.807) is 7.05 Å². The summed E-state index contributed by atoms with van der Waals surface area (Å²) < 4.78 is 4.95. The molecule has 0 rings (SSSR count). The first kappa shape index (κ1) is 14.5. The summed E-state index contributed by atoms with van der Waals surface area (Å²) in [5.41, 5.74) is -0.0137. The van der Waals surface area contributed by atoms with Crippen LogP contribution in [0.2, 0.25) is 0 Å². The molecule has 3 nitrogen and oxygen atoms in total. The van der Waals surface area contributed by atoms with Crippen molar-refractivity contribution >= 4 is 22.8 Å². The van der Waals surface area contributed by atoms with Gasteiger partial charge in [-0.3, -0.25) is 9.79 Å². The number of carbonyl (C=O) groups is 1. The number of aliphatic imine (C=N–C) groups is 1. The third-order valence-electron chi connectivity index (χ3n) is 1.75. The number of rotatable bonds is 3. The van der Waals surface area contributed by atoms with Crippen LogP contribution in [0, 0.1) is 5.41 Å². The van der Waals surface area contributed by atoms with Crippen molar-refractivity contribution in [3.63, 3.8) is 0 Å². The fourth-order valence-corrected chi connectivity index (χ4v) is 2.00. The molecule has 0 N–H and O–H groups in total. The molecule has 0 aromatic carbocycles. The molecule has 1 unspecified atom stereocenters. The van der Waals surface area contributed by atoms with Crippen molar-refractivity contribution in [1.82, 2.24) is 0 Å². The van der Waals surface area contributed by atoms with E-state index in [1.807, 2.05) is 13.8 Å². The predicted octanol–water partition coefficient (Wildman–Crippen LogP) is 2.75. The number of hydrogen-bond donors (Lipinski definition) is 0. The van der Waals surface area contributed by atoms with Crippen LogP contribution in [0.4, 0.5) is 0 Å². The van der Waals surface area contributed by atoms with Crippen LogP contribution in [-0.4, -0.2) is 29.9 Å². The monoisotopic (exact) mass is 231 g/mol. The Balaban J connectivity index is 4.39. The summed E-state index contributed by atoms with van der Waals surface area (Å²) in [5, 5.41) is 0.783. The molecule has 0 spiro atoms. The molecule has 15 heavy (non-hydrogen) atoms.